The quantitative estimate of drug-likeness (QED) is 0.326. The summed E-state index contributed by atoms with van der Waals surface area (Å²) in [6.45, 7) is 14.0. The molecule has 10 heteroatoms. The van der Waals surface area contributed by atoms with Gasteiger partial charge in [0.2, 0.25) is 0 Å². The van der Waals surface area contributed by atoms with E-state index in [1.807, 2.05) is 56.6 Å². The topological polar surface area (TPSA) is 117 Å². The maximum absolute atomic E-state index is 15.0. The minimum Gasteiger partial charge on any atom is -0.444 e. The molecule has 0 spiro atoms. The maximum Gasteiger partial charge on any atom is 0.407 e. The number of halogens is 1. The average Bonchev–Trinajstić information content (AvgIpc) is 3.21. The Morgan fingerprint density at radius 3 is 2.57 bits per heavy atom. The first-order chi connectivity index (χ1) is 17.4. The summed E-state index contributed by atoms with van der Waals surface area (Å²) in [5.41, 5.74) is 1.07. The highest BCUT2D eigenvalue weighted by Gasteiger charge is 2.25. The molecule has 0 saturated carbocycles. The van der Waals surface area contributed by atoms with E-state index in [0.29, 0.717) is 18.7 Å². The molecule has 0 saturated heterocycles. The number of nitrogens with zero attached hydrogens (tertiary/aromatic N) is 4. The first kappa shape index (κ1) is 27.7. The van der Waals surface area contributed by atoms with E-state index in [2.05, 4.69) is 26.0 Å². The van der Waals surface area contributed by atoms with Gasteiger partial charge in [0.1, 0.15) is 11.7 Å². The lowest BCUT2D eigenvalue weighted by atomic mass is 9.98. The van der Waals surface area contributed by atoms with Crippen LogP contribution in [-0.2, 0) is 11.3 Å². The van der Waals surface area contributed by atoms with E-state index in [-0.39, 0.29) is 35.2 Å². The molecular formula is C27H36FN7O2. The monoisotopic (exact) mass is 509 g/mol. The fourth-order valence-electron chi connectivity index (χ4n) is 3.97. The fraction of sp³-hybridized carbons (Fsp3) is 0.481. The van der Waals surface area contributed by atoms with Crippen molar-refractivity contribution >= 4 is 34.3 Å². The van der Waals surface area contributed by atoms with Crippen LogP contribution in [0.5, 0.6) is 0 Å². The Kier molecular flexibility index (Phi) is 8.58. The minimum atomic E-state index is -0.653. The number of carbonyl (C=O) groups excluding carboxylic acids is 1. The van der Waals surface area contributed by atoms with Gasteiger partial charge in [0.05, 0.1) is 17.3 Å². The number of hydrogen-bond acceptors (Lipinski definition) is 7. The van der Waals surface area contributed by atoms with Gasteiger partial charge in [0, 0.05) is 29.7 Å². The van der Waals surface area contributed by atoms with Gasteiger partial charge >= 0.3 is 6.09 Å². The third kappa shape index (κ3) is 7.32. The van der Waals surface area contributed by atoms with E-state index in [1.54, 1.807) is 27.0 Å². The SMILES string of the molecule is CCn1ncc2ccc(Nc3nc(N[C@H](CC(C)C)[C@H](C)NC(=O)OC(C)(C)C)c(F)cc3C#N)cc21. The van der Waals surface area contributed by atoms with E-state index in [1.165, 1.54) is 0 Å². The van der Waals surface area contributed by atoms with Crippen LogP contribution >= 0.6 is 0 Å². The van der Waals surface area contributed by atoms with Crippen LogP contribution in [0.15, 0.2) is 30.5 Å². The van der Waals surface area contributed by atoms with Gasteiger partial charge in [0.15, 0.2) is 17.5 Å². The van der Waals surface area contributed by atoms with Crippen LogP contribution in [0.25, 0.3) is 10.9 Å². The molecule has 1 amide bonds. The van der Waals surface area contributed by atoms with Gasteiger partial charge in [-0.3, -0.25) is 4.68 Å². The summed E-state index contributed by atoms with van der Waals surface area (Å²) < 4.78 is 22.3. The Morgan fingerprint density at radius 2 is 1.95 bits per heavy atom. The van der Waals surface area contributed by atoms with E-state index >= 15 is 4.39 Å². The highest BCUT2D eigenvalue weighted by Crippen LogP contribution is 2.27. The normalized spacial score (nSPS) is 13.2. The van der Waals surface area contributed by atoms with Crippen molar-refractivity contribution in [2.75, 3.05) is 10.6 Å². The van der Waals surface area contributed by atoms with Gasteiger partial charge in [-0.2, -0.15) is 10.4 Å². The van der Waals surface area contributed by atoms with E-state index in [4.69, 9.17) is 4.74 Å². The Bertz CT molecular complexity index is 1290. The number of nitriles is 1. The third-order valence-corrected chi connectivity index (χ3v) is 5.70. The summed E-state index contributed by atoms with van der Waals surface area (Å²) in [5.74, 6) is -0.177. The summed E-state index contributed by atoms with van der Waals surface area (Å²) in [6.07, 6.45) is 1.88. The standard InChI is InChI=1S/C27H36FN7O2/c1-8-35-23-13-20(10-9-18(23)15-30-35)32-24-19(14-29)12-21(28)25(34-24)33-22(11-16(2)3)17(4)31-26(36)37-27(5,6)7/h9-10,12-13,15-17,22H,8,11H2,1-7H3,(H,31,36)(H2,32,33,34)/t17-,22+/m0/s1. The van der Waals surface area contributed by atoms with Gasteiger partial charge in [-0.25, -0.2) is 14.2 Å². The Balaban J connectivity index is 1.88. The average molecular weight is 510 g/mol. The molecule has 37 heavy (non-hydrogen) atoms. The molecule has 198 valence electrons. The molecule has 2 atom stereocenters. The lowest BCUT2D eigenvalue weighted by molar-refractivity contribution is 0.0501. The summed E-state index contributed by atoms with van der Waals surface area (Å²) in [6, 6.07) is 8.14. The third-order valence-electron chi connectivity index (χ3n) is 5.70. The van der Waals surface area contributed by atoms with Crippen molar-refractivity contribution in [3.63, 3.8) is 0 Å². The molecule has 0 aliphatic carbocycles. The largest absolute Gasteiger partial charge is 0.444 e. The lowest BCUT2D eigenvalue weighted by Crippen LogP contribution is -2.47. The van der Waals surface area contributed by atoms with Crippen LogP contribution in [0.2, 0.25) is 0 Å². The summed E-state index contributed by atoms with van der Waals surface area (Å²) in [4.78, 5) is 16.8. The highest BCUT2D eigenvalue weighted by molar-refractivity contribution is 5.83. The van der Waals surface area contributed by atoms with Crippen LogP contribution in [0.3, 0.4) is 0 Å². The van der Waals surface area contributed by atoms with Crippen LogP contribution < -0.4 is 16.0 Å². The van der Waals surface area contributed by atoms with Crippen molar-refractivity contribution in [2.24, 2.45) is 5.92 Å². The second-order valence-corrected chi connectivity index (χ2v) is 10.5. The van der Waals surface area contributed by atoms with E-state index in [0.717, 1.165) is 17.0 Å². The van der Waals surface area contributed by atoms with Crippen LogP contribution in [0.4, 0.5) is 26.5 Å². The van der Waals surface area contributed by atoms with Crippen molar-refractivity contribution in [3.8, 4) is 6.07 Å². The molecule has 0 aliphatic heterocycles. The molecule has 0 aliphatic rings. The molecule has 3 rings (SSSR count). The number of fused-ring (bicyclic) bond motifs is 1. The van der Waals surface area contributed by atoms with Crippen molar-refractivity contribution in [1.29, 1.82) is 5.26 Å². The lowest BCUT2D eigenvalue weighted by Gasteiger charge is -2.29. The smallest absolute Gasteiger partial charge is 0.407 e. The van der Waals surface area contributed by atoms with Gasteiger partial charge in [0.25, 0.3) is 0 Å². The predicted molar refractivity (Wildman–Crippen MR) is 143 cm³/mol. The fourth-order valence-corrected chi connectivity index (χ4v) is 3.97. The highest BCUT2D eigenvalue weighted by atomic mass is 19.1. The van der Waals surface area contributed by atoms with Crippen LogP contribution in [0.1, 0.15) is 60.5 Å². The number of rotatable bonds is 9. The molecule has 2 aromatic heterocycles. The molecule has 0 fully saturated rings. The predicted octanol–water partition coefficient (Wildman–Crippen LogP) is 5.95. The molecule has 1 aromatic carbocycles. The zero-order valence-electron chi connectivity index (χ0n) is 22.5. The van der Waals surface area contributed by atoms with Crippen LogP contribution in [0, 0.1) is 23.1 Å². The number of benzene rings is 1. The Labute approximate surface area is 217 Å². The van der Waals surface area contributed by atoms with Crippen molar-refractivity contribution in [3.05, 3.63) is 41.8 Å². The van der Waals surface area contributed by atoms with Gasteiger partial charge in [-0.05, 0) is 71.2 Å². The van der Waals surface area contributed by atoms with Gasteiger partial charge < -0.3 is 20.7 Å². The molecule has 0 radical (unpaired) electrons. The summed E-state index contributed by atoms with van der Waals surface area (Å²) in [5, 5.41) is 24.1. The number of carbonyl (C=O) groups is 1. The zero-order valence-corrected chi connectivity index (χ0v) is 22.5. The summed E-state index contributed by atoms with van der Waals surface area (Å²) >= 11 is 0. The molecule has 0 bridgehead atoms. The zero-order chi connectivity index (χ0) is 27.3. The molecule has 3 N–H and O–H groups in total. The van der Waals surface area contributed by atoms with Crippen molar-refractivity contribution < 1.29 is 13.9 Å². The molecule has 3 aromatic rings. The van der Waals surface area contributed by atoms with E-state index < -0.39 is 17.5 Å². The van der Waals surface area contributed by atoms with E-state index in [9.17, 15) is 10.1 Å². The number of aromatic nitrogens is 3. The number of pyridine rings is 1. The maximum atomic E-state index is 15.0. The second kappa shape index (κ2) is 11.5. The second-order valence-electron chi connectivity index (χ2n) is 10.5. The number of aryl methyl sites for hydroxylation is 1. The first-order valence-electron chi connectivity index (χ1n) is 12.5. The van der Waals surface area contributed by atoms with Gasteiger partial charge in [-0.15, -0.1) is 0 Å². The summed E-state index contributed by atoms with van der Waals surface area (Å²) in [7, 11) is 0. The molecule has 9 nitrogen and oxygen atoms in total. The number of alkyl carbamates (subject to hydrolysis) is 1. The first-order valence-corrected chi connectivity index (χ1v) is 12.5. The number of hydrogen-bond donors (Lipinski definition) is 3. The van der Waals surface area contributed by atoms with Gasteiger partial charge in [-0.1, -0.05) is 13.8 Å². The Morgan fingerprint density at radius 1 is 1.22 bits per heavy atom. The number of nitrogens with one attached hydrogen (secondary N) is 3. The number of anilines is 3. The molecule has 2 heterocycles. The number of ether oxygens (including phenoxy) is 1. The Hall–Kier alpha value is -3.87. The minimum absolute atomic E-state index is 0.00957. The van der Waals surface area contributed by atoms with Crippen LogP contribution in [-0.4, -0.2) is 38.5 Å². The molecular weight excluding hydrogens is 473 g/mol. The molecule has 0 unspecified atom stereocenters. The van der Waals surface area contributed by atoms with Crippen molar-refractivity contribution in [1.82, 2.24) is 20.1 Å². The van der Waals surface area contributed by atoms with Crippen molar-refractivity contribution in [2.45, 2.75) is 79.1 Å². The number of amides is 1.